The summed E-state index contributed by atoms with van der Waals surface area (Å²) in [4.78, 5) is 17.4. The van der Waals surface area contributed by atoms with Gasteiger partial charge in [0.1, 0.15) is 4.88 Å². The van der Waals surface area contributed by atoms with Crippen molar-refractivity contribution in [2.45, 2.75) is 40.2 Å². The molecule has 0 unspecified atom stereocenters. The third-order valence-electron chi connectivity index (χ3n) is 3.09. The lowest BCUT2D eigenvalue weighted by Gasteiger charge is -2.04. The summed E-state index contributed by atoms with van der Waals surface area (Å²) in [7, 11) is 0. The first kappa shape index (κ1) is 14.7. The molecule has 1 aromatic heterocycles. The van der Waals surface area contributed by atoms with Crippen molar-refractivity contribution in [3.63, 3.8) is 0 Å². The Kier molecular flexibility index (Phi) is 4.55. The van der Waals surface area contributed by atoms with Crippen LogP contribution in [0.3, 0.4) is 0 Å². The molecule has 20 heavy (non-hydrogen) atoms. The summed E-state index contributed by atoms with van der Waals surface area (Å²) in [5.74, 6) is 0.324. The van der Waals surface area contributed by atoms with Gasteiger partial charge in [-0.25, -0.2) is 4.98 Å². The summed E-state index contributed by atoms with van der Waals surface area (Å²) < 4.78 is 0. The van der Waals surface area contributed by atoms with Crippen LogP contribution in [0.1, 0.15) is 51.3 Å². The molecule has 1 aromatic carbocycles. The van der Waals surface area contributed by atoms with E-state index in [9.17, 15) is 4.79 Å². The second-order valence-electron chi connectivity index (χ2n) is 5.29. The van der Waals surface area contributed by atoms with Crippen LogP contribution in [-0.2, 0) is 6.54 Å². The molecule has 0 radical (unpaired) electrons. The minimum atomic E-state index is -0.0347. The smallest absolute Gasteiger partial charge is 0.263 e. The van der Waals surface area contributed by atoms with Crippen LogP contribution in [0.15, 0.2) is 24.3 Å². The van der Waals surface area contributed by atoms with Gasteiger partial charge in [0.2, 0.25) is 0 Å². The quantitative estimate of drug-likeness (QED) is 0.929. The Morgan fingerprint density at radius 1 is 1.25 bits per heavy atom. The number of nitrogens with one attached hydrogen (secondary N) is 1. The largest absolute Gasteiger partial charge is 0.347 e. The summed E-state index contributed by atoms with van der Waals surface area (Å²) in [6.45, 7) is 8.67. The highest BCUT2D eigenvalue weighted by atomic mass is 32.1. The molecule has 0 aliphatic carbocycles. The van der Waals surface area contributed by atoms with Gasteiger partial charge in [0, 0.05) is 12.5 Å². The SMILES string of the molecule is Cc1ccc(CNC(=O)c2sc(C(C)C)nc2C)cc1. The number of hydrogen-bond acceptors (Lipinski definition) is 3. The van der Waals surface area contributed by atoms with Crippen molar-refractivity contribution in [2.24, 2.45) is 0 Å². The topological polar surface area (TPSA) is 42.0 Å². The van der Waals surface area contributed by atoms with Gasteiger partial charge in [0.05, 0.1) is 10.7 Å². The van der Waals surface area contributed by atoms with Gasteiger partial charge in [-0.15, -0.1) is 11.3 Å². The molecule has 0 spiro atoms. The van der Waals surface area contributed by atoms with E-state index in [2.05, 4.69) is 43.2 Å². The Morgan fingerprint density at radius 3 is 2.45 bits per heavy atom. The zero-order valence-electron chi connectivity index (χ0n) is 12.4. The van der Waals surface area contributed by atoms with Crippen molar-refractivity contribution >= 4 is 17.2 Å². The molecule has 106 valence electrons. The van der Waals surface area contributed by atoms with Crippen molar-refractivity contribution < 1.29 is 4.79 Å². The number of carbonyl (C=O) groups is 1. The van der Waals surface area contributed by atoms with Crippen molar-refractivity contribution in [1.82, 2.24) is 10.3 Å². The van der Waals surface area contributed by atoms with Crippen LogP contribution in [0.4, 0.5) is 0 Å². The number of rotatable bonds is 4. The number of carbonyl (C=O) groups excluding carboxylic acids is 1. The lowest BCUT2D eigenvalue weighted by molar-refractivity contribution is 0.0954. The van der Waals surface area contributed by atoms with Crippen molar-refractivity contribution in [3.8, 4) is 0 Å². The van der Waals surface area contributed by atoms with Gasteiger partial charge in [-0.3, -0.25) is 4.79 Å². The van der Waals surface area contributed by atoms with Gasteiger partial charge in [-0.2, -0.15) is 0 Å². The fourth-order valence-corrected chi connectivity index (χ4v) is 2.83. The fraction of sp³-hybridized carbons (Fsp3) is 0.375. The molecule has 2 rings (SSSR count). The van der Waals surface area contributed by atoms with Crippen molar-refractivity contribution in [2.75, 3.05) is 0 Å². The van der Waals surface area contributed by atoms with E-state index in [4.69, 9.17) is 0 Å². The Morgan fingerprint density at radius 2 is 1.90 bits per heavy atom. The fourth-order valence-electron chi connectivity index (χ4n) is 1.84. The average molecular weight is 288 g/mol. The standard InChI is InChI=1S/C16H20N2OS/c1-10(2)16-18-12(4)14(20-16)15(19)17-9-13-7-5-11(3)6-8-13/h5-8,10H,9H2,1-4H3,(H,17,19). The summed E-state index contributed by atoms with van der Waals surface area (Å²) in [5.41, 5.74) is 3.15. The number of nitrogens with zero attached hydrogens (tertiary/aromatic N) is 1. The van der Waals surface area contributed by atoms with E-state index < -0.39 is 0 Å². The maximum Gasteiger partial charge on any atom is 0.263 e. The normalized spacial score (nSPS) is 10.8. The summed E-state index contributed by atoms with van der Waals surface area (Å²) in [6, 6.07) is 8.18. The predicted molar refractivity (Wildman–Crippen MR) is 83.3 cm³/mol. The number of amides is 1. The van der Waals surface area contributed by atoms with E-state index >= 15 is 0 Å². The number of aromatic nitrogens is 1. The summed E-state index contributed by atoms with van der Waals surface area (Å²) in [6.07, 6.45) is 0. The highest BCUT2D eigenvalue weighted by Crippen LogP contribution is 2.24. The molecular formula is C16H20N2OS. The first-order chi connectivity index (χ1) is 9.47. The van der Waals surface area contributed by atoms with Crippen LogP contribution >= 0.6 is 11.3 Å². The van der Waals surface area contributed by atoms with Gasteiger partial charge in [0.25, 0.3) is 5.91 Å². The first-order valence-corrected chi connectivity index (χ1v) is 7.60. The van der Waals surface area contributed by atoms with E-state index in [-0.39, 0.29) is 5.91 Å². The average Bonchev–Trinajstić information content (AvgIpc) is 2.80. The van der Waals surface area contributed by atoms with E-state index in [1.807, 2.05) is 19.1 Å². The minimum Gasteiger partial charge on any atom is -0.347 e. The lowest BCUT2D eigenvalue weighted by Crippen LogP contribution is -2.22. The lowest BCUT2D eigenvalue weighted by atomic mass is 10.1. The highest BCUT2D eigenvalue weighted by Gasteiger charge is 2.16. The zero-order chi connectivity index (χ0) is 14.7. The Hall–Kier alpha value is -1.68. The third-order valence-corrected chi connectivity index (χ3v) is 4.54. The van der Waals surface area contributed by atoms with Gasteiger partial charge in [0.15, 0.2) is 0 Å². The second-order valence-corrected chi connectivity index (χ2v) is 6.32. The molecule has 0 aliphatic heterocycles. The molecule has 0 bridgehead atoms. The van der Waals surface area contributed by atoms with Crippen molar-refractivity contribution in [3.05, 3.63) is 51.0 Å². The number of hydrogen-bond donors (Lipinski definition) is 1. The minimum absolute atomic E-state index is 0.0347. The first-order valence-electron chi connectivity index (χ1n) is 6.78. The summed E-state index contributed by atoms with van der Waals surface area (Å²) in [5, 5.41) is 3.98. The molecule has 0 saturated heterocycles. The number of aryl methyl sites for hydroxylation is 2. The Bertz CT molecular complexity index is 599. The van der Waals surface area contributed by atoms with Gasteiger partial charge < -0.3 is 5.32 Å². The molecular weight excluding hydrogens is 268 g/mol. The Balaban J connectivity index is 2.03. The molecule has 1 heterocycles. The molecule has 0 saturated carbocycles. The van der Waals surface area contributed by atoms with E-state index in [1.165, 1.54) is 16.9 Å². The summed E-state index contributed by atoms with van der Waals surface area (Å²) >= 11 is 1.49. The highest BCUT2D eigenvalue weighted by molar-refractivity contribution is 7.13. The molecule has 0 aliphatic rings. The number of benzene rings is 1. The molecule has 0 atom stereocenters. The molecule has 1 amide bonds. The molecule has 2 aromatic rings. The zero-order valence-corrected chi connectivity index (χ0v) is 13.2. The number of thiazole rings is 1. The predicted octanol–water partition coefficient (Wildman–Crippen LogP) is 3.81. The Labute approximate surface area is 124 Å². The maximum absolute atomic E-state index is 12.2. The van der Waals surface area contributed by atoms with E-state index in [1.54, 1.807) is 0 Å². The monoisotopic (exact) mass is 288 g/mol. The van der Waals surface area contributed by atoms with Crippen LogP contribution in [0.25, 0.3) is 0 Å². The van der Waals surface area contributed by atoms with Gasteiger partial charge >= 0.3 is 0 Å². The molecule has 0 fully saturated rings. The van der Waals surface area contributed by atoms with Gasteiger partial charge in [-0.05, 0) is 19.4 Å². The van der Waals surface area contributed by atoms with Crippen LogP contribution in [0, 0.1) is 13.8 Å². The van der Waals surface area contributed by atoms with Crippen LogP contribution in [-0.4, -0.2) is 10.9 Å². The van der Waals surface area contributed by atoms with Gasteiger partial charge in [-0.1, -0.05) is 43.7 Å². The van der Waals surface area contributed by atoms with E-state index in [0.29, 0.717) is 12.5 Å². The van der Waals surface area contributed by atoms with Crippen LogP contribution < -0.4 is 5.32 Å². The maximum atomic E-state index is 12.2. The molecule has 3 nitrogen and oxygen atoms in total. The van der Waals surface area contributed by atoms with Crippen LogP contribution in [0.5, 0.6) is 0 Å². The molecule has 4 heteroatoms. The van der Waals surface area contributed by atoms with Crippen LogP contribution in [0.2, 0.25) is 0 Å². The van der Waals surface area contributed by atoms with Crippen molar-refractivity contribution in [1.29, 1.82) is 0 Å². The third kappa shape index (κ3) is 3.45. The second kappa shape index (κ2) is 6.18. The molecule has 1 N–H and O–H groups in total. The van der Waals surface area contributed by atoms with E-state index in [0.717, 1.165) is 21.1 Å².